The lowest BCUT2D eigenvalue weighted by Gasteiger charge is -2.08. The van der Waals surface area contributed by atoms with Crippen LogP contribution < -0.4 is 15.5 Å². The van der Waals surface area contributed by atoms with Crippen LogP contribution in [0.4, 0.5) is 0 Å². The molecule has 0 unspecified atom stereocenters. The molecule has 0 heterocycles. The zero-order chi connectivity index (χ0) is 20.5. The third kappa shape index (κ3) is 7.06. The lowest BCUT2D eigenvalue weighted by molar-refractivity contribution is 0.306. The minimum atomic E-state index is 0.410. The highest BCUT2D eigenvalue weighted by atomic mass is 35.5. The van der Waals surface area contributed by atoms with E-state index in [9.17, 15) is 0 Å². The summed E-state index contributed by atoms with van der Waals surface area (Å²) in [5.41, 5.74) is 5.83. The van der Waals surface area contributed by atoms with Crippen molar-refractivity contribution in [2.75, 3.05) is 0 Å². The fourth-order valence-corrected chi connectivity index (χ4v) is 2.87. The van der Waals surface area contributed by atoms with Gasteiger partial charge in [0.2, 0.25) is 0 Å². The van der Waals surface area contributed by atoms with Crippen molar-refractivity contribution in [1.29, 1.82) is 0 Å². The van der Waals surface area contributed by atoms with Crippen molar-refractivity contribution in [3.8, 4) is 5.75 Å². The van der Waals surface area contributed by atoms with Gasteiger partial charge >= 0.3 is 0 Å². The van der Waals surface area contributed by atoms with Gasteiger partial charge in [-0.3, -0.25) is 5.43 Å². The summed E-state index contributed by atoms with van der Waals surface area (Å²) in [6, 6.07) is 23.0. The van der Waals surface area contributed by atoms with E-state index in [1.807, 2.05) is 60.7 Å². The molecule has 4 nitrogen and oxygen atoms in total. The maximum Gasteiger partial charge on any atom is 0.187 e. The number of hydrogen-bond acceptors (Lipinski definition) is 3. The Morgan fingerprint density at radius 1 is 0.931 bits per heavy atom. The Balaban J connectivity index is 1.43. The molecule has 0 aliphatic rings. The minimum absolute atomic E-state index is 0.410. The highest BCUT2D eigenvalue weighted by Gasteiger charge is 2.01. The Kier molecular flexibility index (Phi) is 7.87. The zero-order valence-electron chi connectivity index (χ0n) is 15.4. The molecule has 3 aromatic carbocycles. The van der Waals surface area contributed by atoms with Gasteiger partial charge in [-0.25, -0.2) is 0 Å². The molecule has 0 aliphatic heterocycles. The SMILES string of the molecule is S=C(NCc1ccccc1)N/N=C/c1ccc(OCc2ccc(Cl)c(Cl)c2)cc1. The summed E-state index contributed by atoms with van der Waals surface area (Å²) in [5.74, 6) is 0.751. The Labute approximate surface area is 185 Å². The molecule has 3 aromatic rings. The van der Waals surface area contributed by atoms with E-state index >= 15 is 0 Å². The van der Waals surface area contributed by atoms with Crippen molar-refractivity contribution in [2.45, 2.75) is 13.2 Å². The zero-order valence-corrected chi connectivity index (χ0v) is 17.8. The second kappa shape index (κ2) is 10.8. The minimum Gasteiger partial charge on any atom is -0.489 e. The first-order valence-electron chi connectivity index (χ1n) is 8.88. The second-order valence-corrected chi connectivity index (χ2v) is 7.37. The third-order valence-corrected chi connectivity index (χ3v) is 4.92. The van der Waals surface area contributed by atoms with Gasteiger partial charge in [0.05, 0.1) is 16.3 Å². The molecule has 0 bridgehead atoms. The van der Waals surface area contributed by atoms with Crippen LogP contribution in [0, 0.1) is 0 Å². The topological polar surface area (TPSA) is 45.7 Å². The van der Waals surface area contributed by atoms with E-state index in [1.54, 1.807) is 18.3 Å². The number of thiocarbonyl (C=S) groups is 1. The van der Waals surface area contributed by atoms with E-state index in [-0.39, 0.29) is 0 Å². The maximum absolute atomic E-state index is 6.02. The second-order valence-electron chi connectivity index (χ2n) is 6.14. The summed E-state index contributed by atoms with van der Waals surface area (Å²) >= 11 is 17.1. The fourth-order valence-electron chi connectivity index (χ4n) is 2.43. The quantitative estimate of drug-likeness (QED) is 0.284. The molecule has 0 saturated carbocycles. The Morgan fingerprint density at radius 2 is 1.69 bits per heavy atom. The van der Waals surface area contributed by atoms with Gasteiger partial charge in [-0.15, -0.1) is 0 Å². The average molecular weight is 444 g/mol. The van der Waals surface area contributed by atoms with Crippen LogP contribution in [0.15, 0.2) is 77.9 Å². The molecule has 148 valence electrons. The van der Waals surface area contributed by atoms with Gasteiger partial charge in [-0.05, 0) is 65.3 Å². The number of hydrogen-bond donors (Lipinski definition) is 2. The fraction of sp³-hybridized carbons (Fsp3) is 0.0909. The van der Waals surface area contributed by atoms with E-state index in [4.69, 9.17) is 40.2 Å². The van der Waals surface area contributed by atoms with E-state index in [0.29, 0.717) is 28.3 Å². The molecule has 0 aliphatic carbocycles. The number of halogens is 2. The van der Waals surface area contributed by atoms with E-state index in [0.717, 1.165) is 22.4 Å². The third-order valence-electron chi connectivity index (χ3n) is 3.95. The monoisotopic (exact) mass is 443 g/mol. The number of hydrazone groups is 1. The Hall–Kier alpha value is -2.60. The first kappa shape index (κ1) is 21.1. The summed E-state index contributed by atoms with van der Waals surface area (Å²) in [6.07, 6.45) is 1.69. The number of nitrogens with zero attached hydrogens (tertiary/aromatic N) is 1. The first-order valence-corrected chi connectivity index (χ1v) is 10.0. The largest absolute Gasteiger partial charge is 0.489 e. The Bertz CT molecular complexity index is 979. The smallest absolute Gasteiger partial charge is 0.187 e. The van der Waals surface area contributed by atoms with Crippen LogP contribution in [0.1, 0.15) is 16.7 Å². The molecule has 29 heavy (non-hydrogen) atoms. The van der Waals surface area contributed by atoms with Gasteiger partial charge in [0.25, 0.3) is 0 Å². The molecule has 3 rings (SSSR count). The first-order chi connectivity index (χ1) is 14.1. The molecule has 0 spiro atoms. The number of nitrogens with one attached hydrogen (secondary N) is 2. The predicted molar refractivity (Wildman–Crippen MR) is 124 cm³/mol. The molecular weight excluding hydrogens is 425 g/mol. The van der Waals surface area contributed by atoms with Crippen LogP contribution in [0.3, 0.4) is 0 Å². The van der Waals surface area contributed by atoms with Crippen LogP contribution in [0.2, 0.25) is 10.0 Å². The standard InChI is InChI=1S/C22H19Cl2N3OS/c23-20-11-8-18(12-21(20)24)15-28-19-9-6-17(7-10-19)14-26-27-22(29)25-13-16-4-2-1-3-5-16/h1-12,14H,13,15H2,(H2,25,27,29)/b26-14+. The van der Waals surface area contributed by atoms with Gasteiger partial charge in [-0.2, -0.15) is 5.10 Å². The van der Waals surface area contributed by atoms with Gasteiger partial charge in [0.15, 0.2) is 5.11 Å². The van der Waals surface area contributed by atoms with E-state index < -0.39 is 0 Å². The van der Waals surface area contributed by atoms with Crippen molar-refractivity contribution in [1.82, 2.24) is 10.7 Å². The molecule has 0 amide bonds. The van der Waals surface area contributed by atoms with Gasteiger partial charge in [-0.1, -0.05) is 59.6 Å². The van der Waals surface area contributed by atoms with Crippen LogP contribution in [0.5, 0.6) is 5.75 Å². The summed E-state index contributed by atoms with van der Waals surface area (Å²) < 4.78 is 5.77. The van der Waals surface area contributed by atoms with Crippen molar-refractivity contribution in [3.05, 3.63) is 99.5 Å². The summed E-state index contributed by atoms with van der Waals surface area (Å²) in [7, 11) is 0. The summed E-state index contributed by atoms with van der Waals surface area (Å²) in [6.45, 7) is 1.06. The molecule has 0 aromatic heterocycles. The molecule has 0 atom stereocenters. The van der Waals surface area contributed by atoms with Crippen molar-refractivity contribution >= 4 is 46.7 Å². The number of rotatable bonds is 7. The molecule has 0 radical (unpaired) electrons. The molecule has 0 fully saturated rings. The molecule has 0 saturated heterocycles. The number of ether oxygens (including phenoxy) is 1. The van der Waals surface area contributed by atoms with Crippen LogP contribution in [-0.4, -0.2) is 11.3 Å². The van der Waals surface area contributed by atoms with Crippen LogP contribution in [-0.2, 0) is 13.2 Å². The van der Waals surface area contributed by atoms with Crippen molar-refractivity contribution in [2.24, 2.45) is 5.10 Å². The lowest BCUT2D eigenvalue weighted by Crippen LogP contribution is -2.31. The van der Waals surface area contributed by atoms with Crippen LogP contribution >= 0.6 is 35.4 Å². The number of benzene rings is 3. The van der Waals surface area contributed by atoms with Gasteiger partial charge in [0.1, 0.15) is 12.4 Å². The van der Waals surface area contributed by atoms with Gasteiger partial charge in [0, 0.05) is 6.54 Å². The van der Waals surface area contributed by atoms with E-state index in [1.165, 1.54) is 0 Å². The molecule has 2 N–H and O–H groups in total. The van der Waals surface area contributed by atoms with Crippen molar-refractivity contribution < 1.29 is 4.74 Å². The molecule has 7 heteroatoms. The lowest BCUT2D eigenvalue weighted by atomic mass is 10.2. The van der Waals surface area contributed by atoms with Crippen LogP contribution in [0.25, 0.3) is 0 Å². The maximum atomic E-state index is 6.02. The predicted octanol–water partition coefficient (Wildman–Crippen LogP) is 5.57. The normalized spacial score (nSPS) is 10.7. The average Bonchev–Trinajstić information content (AvgIpc) is 2.75. The van der Waals surface area contributed by atoms with Gasteiger partial charge < -0.3 is 10.1 Å². The summed E-state index contributed by atoms with van der Waals surface area (Å²) in [4.78, 5) is 0. The molecular formula is C22H19Cl2N3OS. The summed E-state index contributed by atoms with van der Waals surface area (Å²) in [5, 5.41) is 8.76. The Morgan fingerprint density at radius 3 is 2.41 bits per heavy atom. The van der Waals surface area contributed by atoms with Crippen molar-refractivity contribution in [3.63, 3.8) is 0 Å². The highest BCUT2D eigenvalue weighted by molar-refractivity contribution is 7.80. The highest BCUT2D eigenvalue weighted by Crippen LogP contribution is 2.23. The van der Waals surface area contributed by atoms with E-state index in [2.05, 4.69) is 15.8 Å².